The number of halogens is 1. The Morgan fingerprint density at radius 2 is 1.94 bits per heavy atom. The van der Waals surface area contributed by atoms with Crippen LogP contribution >= 0.6 is 11.6 Å². The number of hydrogen-bond donors (Lipinski definition) is 0. The van der Waals surface area contributed by atoms with Crippen molar-refractivity contribution in [2.24, 2.45) is 0 Å². The largest absolute Gasteiger partial charge is 0.289 e. The number of carbonyl (C=O) groups is 1. The third-order valence-corrected chi connectivity index (χ3v) is 3.27. The van der Waals surface area contributed by atoms with Crippen molar-refractivity contribution in [1.29, 1.82) is 0 Å². The summed E-state index contributed by atoms with van der Waals surface area (Å²) in [5.74, 6) is -0.0259. The first-order valence-corrected chi connectivity index (χ1v) is 6.31. The lowest BCUT2D eigenvalue weighted by molar-refractivity contribution is 0.104. The lowest BCUT2D eigenvalue weighted by Gasteiger charge is -2.11. The van der Waals surface area contributed by atoms with Crippen LogP contribution in [0.25, 0.3) is 0 Å². The van der Waals surface area contributed by atoms with Gasteiger partial charge >= 0.3 is 0 Å². The second-order valence-corrected chi connectivity index (χ2v) is 4.60. The van der Waals surface area contributed by atoms with Crippen LogP contribution in [-0.2, 0) is 0 Å². The molecule has 0 atom stereocenters. The molecule has 1 aromatic rings. The van der Waals surface area contributed by atoms with Gasteiger partial charge in [-0.2, -0.15) is 0 Å². The van der Waals surface area contributed by atoms with Crippen LogP contribution in [0.5, 0.6) is 0 Å². The predicted octanol–water partition coefficient (Wildman–Crippen LogP) is 4.49. The van der Waals surface area contributed by atoms with Crippen molar-refractivity contribution in [3.63, 3.8) is 0 Å². The van der Waals surface area contributed by atoms with E-state index in [1.54, 1.807) is 12.1 Å². The van der Waals surface area contributed by atoms with Gasteiger partial charge in [0.05, 0.1) is 0 Å². The van der Waals surface area contributed by atoms with Crippen LogP contribution in [-0.4, -0.2) is 5.78 Å². The fourth-order valence-corrected chi connectivity index (χ4v) is 2.22. The molecule has 0 N–H and O–H groups in total. The van der Waals surface area contributed by atoms with Crippen molar-refractivity contribution < 1.29 is 4.79 Å². The summed E-state index contributed by atoms with van der Waals surface area (Å²) in [6.45, 7) is 0. The minimum Gasteiger partial charge on any atom is -0.289 e. The molecule has 0 fully saturated rings. The topological polar surface area (TPSA) is 17.1 Å². The maximum Gasteiger partial charge on any atom is 0.187 e. The first kappa shape index (κ1) is 12.1. The molecule has 1 aromatic carbocycles. The summed E-state index contributed by atoms with van der Waals surface area (Å²) in [6, 6.07) is 9.21. The molecule has 2 heteroatoms. The first-order valence-electron chi connectivity index (χ1n) is 5.93. The molecule has 1 aliphatic carbocycles. The van der Waals surface area contributed by atoms with E-state index in [1.807, 2.05) is 18.2 Å². The van der Waals surface area contributed by atoms with E-state index in [0.29, 0.717) is 10.6 Å². The number of benzene rings is 1. The molecule has 1 aliphatic rings. The number of carbonyl (C=O) groups excluding carboxylic acids is 1. The smallest absolute Gasteiger partial charge is 0.187 e. The zero-order valence-electron chi connectivity index (χ0n) is 9.66. The maximum atomic E-state index is 11.9. The molecule has 0 aromatic heterocycles. The SMILES string of the molecule is O=C(/C=C(\Cl)C1=CCCCC1)c1ccccc1. The monoisotopic (exact) mass is 246 g/mol. The highest BCUT2D eigenvalue weighted by Crippen LogP contribution is 2.26. The van der Waals surface area contributed by atoms with Crippen molar-refractivity contribution in [1.82, 2.24) is 0 Å². The van der Waals surface area contributed by atoms with E-state index in [9.17, 15) is 4.79 Å². The Bertz CT molecular complexity index is 457. The van der Waals surface area contributed by atoms with Gasteiger partial charge in [0.2, 0.25) is 0 Å². The summed E-state index contributed by atoms with van der Waals surface area (Å²) >= 11 is 6.18. The molecule has 17 heavy (non-hydrogen) atoms. The molecule has 0 saturated heterocycles. The highest BCUT2D eigenvalue weighted by molar-refractivity contribution is 6.34. The van der Waals surface area contributed by atoms with Gasteiger partial charge in [-0.05, 0) is 31.3 Å². The van der Waals surface area contributed by atoms with Gasteiger partial charge in [0.15, 0.2) is 5.78 Å². The van der Waals surface area contributed by atoms with E-state index in [2.05, 4.69) is 6.08 Å². The molecule has 1 nitrogen and oxygen atoms in total. The second kappa shape index (κ2) is 5.83. The van der Waals surface area contributed by atoms with E-state index in [-0.39, 0.29) is 5.78 Å². The van der Waals surface area contributed by atoms with E-state index >= 15 is 0 Å². The van der Waals surface area contributed by atoms with Gasteiger partial charge in [-0.1, -0.05) is 48.0 Å². The van der Waals surface area contributed by atoms with E-state index in [4.69, 9.17) is 11.6 Å². The predicted molar refractivity (Wildman–Crippen MR) is 71.3 cm³/mol. The highest BCUT2D eigenvalue weighted by Gasteiger charge is 2.09. The maximum absolute atomic E-state index is 11.9. The number of rotatable bonds is 3. The fourth-order valence-electron chi connectivity index (χ4n) is 1.95. The molecule has 0 heterocycles. The Morgan fingerprint density at radius 3 is 2.59 bits per heavy atom. The van der Waals surface area contributed by atoms with Crippen LogP contribution in [0, 0.1) is 0 Å². The van der Waals surface area contributed by atoms with Gasteiger partial charge in [0, 0.05) is 16.7 Å². The Morgan fingerprint density at radius 1 is 1.18 bits per heavy atom. The van der Waals surface area contributed by atoms with Gasteiger partial charge < -0.3 is 0 Å². The summed E-state index contributed by atoms with van der Waals surface area (Å²) in [4.78, 5) is 11.9. The van der Waals surface area contributed by atoms with Crippen LogP contribution in [0.4, 0.5) is 0 Å². The van der Waals surface area contributed by atoms with Gasteiger partial charge in [0.1, 0.15) is 0 Å². The lowest BCUT2D eigenvalue weighted by Crippen LogP contribution is -1.97. The zero-order valence-corrected chi connectivity index (χ0v) is 10.4. The van der Waals surface area contributed by atoms with Crippen molar-refractivity contribution in [3.8, 4) is 0 Å². The third kappa shape index (κ3) is 3.31. The third-order valence-electron chi connectivity index (χ3n) is 2.91. The van der Waals surface area contributed by atoms with Gasteiger partial charge in [-0.25, -0.2) is 0 Å². The molecule has 88 valence electrons. The van der Waals surface area contributed by atoms with Crippen LogP contribution in [0.15, 0.2) is 53.1 Å². The Balaban J connectivity index is 2.14. The summed E-state index contributed by atoms with van der Waals surface area (Å²) in [7, 11) is 0. The minimum absolute atomic E-state index is 0.0259. The Kier molecular flexibility index (Phi) is 4.16. The van der Waals surface area contributed by atoms with E-state index in [0.717, 1.165) is 24.8 Å². The molecular weight excluding hydrogens is 232 g/mol. The average Bonchev–Trinajstić information content (AvgIpc) is 2.40. The van der Waals surface area contributed by atoms with Gasteiger partial charge in [-0.15, -0.1) is 0 Å². The number of ketones is 1. The molecule has 0 radical (unpaired) electrons. The average molecular weight is 247 g/mol. The summed E-state index contributed by atoms with van der Waals surface area (Å²) in [5, 5.41) is 0.596. The lowest BCUT2D eigenvalue weighted by atomic mass is 9.98. The first-order chi connectivity index (χ1) is 8.27. The molecule has 0 saturated carbocycles. The number of allylic oxidation sites excluding steroid dienone is 4. The second-order valence-electron chi connectivity index (χ2n) is 4.20. The van der Waals surface area contributed by atoms with E-state index in [1.165, 1.54) is 12.5 Å². The molecule has 0 spiro atoms. The van der Waals surface area contributed by atoms with Crippen LogP contribution in [0.3, 0.4) is 0 Å². The molecule has 2 rings (SSSR count). The molecule has 0 aliphatic heterocycles. The van der Waals surface area contributed by atoms with Gasteiger partial charge in [-0.3, -0.25) is 4.79 Å². The van der Waals surface area contributed by atoms with Crippen molar-refractivity contribution >= 4 is 17.4 Å². The zero-order chi connectivity index (χ0) is 12.1. The molecular formula is C15H15ClO. The summed E-state index contributed by atoms with van der Waals surface area (Å²) in [6.07, 6.45) is 8.11. The van der Waals surface area contributed by atoms with Crippen LogP contribution < -0.4 is 0 Å². The minimum atomic E-state index is -0.0259. The molecule has 0 amide bonds. The molecule has 0 unspecified atom stereocenters. The quantitative estimate of drug-likeness (QED) is 0.567. The summed E-state index contributed by atoms with van der Waals surface area (Å²) < 4.78 is 0. The normalized spacial score (nSPS) is 16.5. The van der Waals surface area contributed by atoms with E-state index < -0.39 is 0 Å². The van der Waals surface area contributed by atoms with Crippen molar-refractivity contribution in [3.05, 3.63) is 58.7 Å². The molecule has 0 bridgehead atoms. The van der Waals surface area contributed by atoms with Crippen LogP contribution in [0.1, 0.15) is 36.0 Å². The van der Waals surface area contributed by atoms with Crippen molar-refractivity contribution in [2.45, 2.75) is 25.7 Å². The Hall–Kier alpha value is -1.34. The van der Waals surface area contributed by atoms with Crippen molar-refractivity contribution in [2.75, 3.05) is 0 Å². The highest BCUT2D eigenvalue weighted by atomic mass is 35.5. The number of hydrogen-bond acceptors (Lipinski definition) is 1. The fraction of sp³-hybridized carbons (Fsp3) is 0.267. The van der Waals surface area contributed by atoms with Crippen LogP contribution in [0.2, 0.25) is 0 Å². The standard InChI is InChI=1S/C15H15ClO/c16-14(12-7-3-1-4-8-12)11-15(17)13-9-5-2-6-10-13/h2,5-7,9-11H,1,3-4,8H2/b14-11-. The van der Waals surface area contributed by atoms with Gasteiger partial charge in [0.25, 0.3) is 0 Å². The Labute approximate surface area is 107 Å². The summed E-state index contributed by atoms with van der Waals surface area (Å²) in [5.41, 5.74) is 1.80.